The second-order valence-electron chi connectivity index (χ2n) is 8.51. The van der Waals surface area contributed by atoms with E-state index in [-0.39, 0.29) is 24.8 Å². The van der Waals surface area contributed by atoms with Crippen molar-refractivity contribution in [3.8, 4) is 22.9 Å². The van der Waals surface area contributed by atoms with Gasteiger partial charge in [0.25, 0.3) is 10.2 Å². The molecule has 0 atom stereocenters. The summed E-state index contributed by atoms with van der Waals surface area (Å²) >= 11 is 0. The Morgan fingerprint density at radius 3 is 2.29 bits per heavy atom. The average molecular weight is 565 g/mol. The number of hydrogen-bond donors (Lipinski definition) is 2. The molecule has 1 aromatic heterocycles. The van der Waals surface area contributed by atoms with E-state index in [1.807, 2.05) is 0 Å². The summed E-state index contributed by atoms with van der Waals surface area (Å²) in [5, 5.41) is 4.45. The van der Waals surface area contributed by atoms with Gasteiger partial charge in [-0.15, -0.1) is 0 Å². The van der Waals surface area contributed by atoms with Crippen molar-refractivity contribution in [2.75, 3.05) is 19.8 Å². The Morgan fingerprint density at radius 1 is 1.05 bits per heavy atom. The van der Waals surface area contributed by atoms with Gasteiger partial charge in [0.2, 0.25) is 5.88 Å². The number of ether oxygens (including phenoxy) is 2. The van der Waals surface area contributed by atoms with E-state index in [0.717, 1.165) is 12.1 Å². The number of halogens is 6. The van der Waals surface area contributed by atoms with Crippen molar-refractivity contribution >= 4 is 10.2 Å². The first-order chi connectivity index (χ1) is 17.7. The molecule has 3 aromatic rings. The van der Waals surface area contributed by atoms with E-state index in [9.17, 15) is 34.8 Å². The molecule has 0 amide bonds. The van der Waals surface area contributed by atoms with Crippen LogP contribution in [0.5, 0.6) is 11.6 Å². The lowest BCUT2D eigenvalue weighted by molar-refractivity contribution is -0.137. The highest BCUT2D eigenvalue weighted by Gasteiger charge is 2.44. The predicted octanol–water partition coefficient (Wildman–Crippen LogP) is 4.59. The second-order valence-corrected chi connectivity index (χ2v) is 10.0. The van der Waals surface area contributed by atoms with Crippen LogP contribution in [-0.4, -0.2) is 44.1 Å². The lowest BCUT2D eigenvalue weighted by Gasteiger charge is -2.42. The molecule has 2 aromatic carbocycles. The number of hydrogen-bond acceptors (Lipinski definition) is 5. The van der Waals surface area contributed by atoms with Gasteiger partial charge in [0.1, 0.15) is 17.8 Å². The molecule has 1 fully saturated rings. The van der Waals surface area contributed by atoms with Crippen molar-refractivity contribution in [3.63, 3.8) is 0 Å². The smallest absolute Gasteiger partial charge is 0.416 e. The molecule has 1 aliphatic rings. The van der Waals surface area contributed by atoms with E-state index >= 15 is 0 Å². The Labute approximate surface area is 213 Å². The fourth-order valence-corrected chi connectivity index (χ4v) is 4.90. The molecule has 38 heavy (non-hydrogen) atoms. The lowest BCUT2D eigenvalue weighted by Crippen LogP contribution is -2.61. The molecule has 4 rings (SSSR count). The Hall–Kier alpha value is -3.14. The molecule has 0 spiro atoms. The molecular weight excluding hydrogens is 542 g/mol. The molecule has 0 aliphatic carbocycles. The van der Waals surface area contributed by atoms with E-state index in [2.05, 4.69) is 9.82 Å². The van der Waals surface area contributed by atoms with Crippen LogP contribution in [0.1, 0.15) is 18.1 Å². The summed E-state index contributed by atoms with van der Waals surface area (Å²) < 4.78 is 117. The van der Waals surface area contributed by atoms with E-state index < -0.39 is 40.2 Å². The summed E-state index contributed by atoms with van der Waals surface area (Å²) in [6.07, 6.45) is -9.20. The van der Waals surface area contributed by atoms with Crippen molar-refractivity contribution in [2.45, 2.75) is 31.4 Å². The minimum atomic E-state index is -4.73. The van der Waals surface area contributed by atoms with Gasteiger partial charge in [-0.05, 0) is 42.8 Å². The molecule has 0 saturated carbocycles. The van der Waals surface area contributed by atoms with Crippen LogP contribution in [0.2, 0.25) is 0 Å². The van der Waals surface area contributed by atoms with Crippen LogP contribution in [0.15, 0.2) is 54.6 Å². The fraction of sp³-hybridized carbons (Fsp3) is 0.348. The third-order valence-electron chi connectivity index (χ3n) is 5.65. The molecule has 206 valence electrons. The normalized spacial score (nSPS) is 15.8. The Morgan fingerprint density at radius 2 is 1.74 bits per heavy atom. The van der Waals surface area contributed by atoms with Crippen LogP contribution in [0.25, 0.3) is 11.3 Å². The number of alkyl halides is 6. The maximum Gasteiger partial charge on any atom is 0.416 e. The van der Waals surface area contributed by atoms with E-state index in [1.54, 1.807) is 37.3 Å². The van der Waals surface area contributed by atoms with Gasteiger partial charge in [0.15, 0.2) is 0 Å². The first-order valence-corrected chi connectivity index (χ1v) is 12.6. The molecule has 1 saturated heterocycles. The Bertz CT molecular complexity index is 1380. The standard InChI is InChI=1S/C23H22F6N4O4S/c1-2-33-20(37-18-8-6-16(7-9-18)23(27,28)29)11-19(31-33)15-4-3-5-17(10-15)21(13-36-14-21)32-38(34,35)30-12-22(24,25)26/h3-11,30,32H,2,12-14H2,1H3. The van der Waals surface area contributed by atoms with Gasteiger partial charge in [-0.1, -0.05) is 18.2 Å². The number of rotatable bonds is 9. The number of aryl methyl sites for hydroxylation is 1. The number of nitrogens with zero attached hydrogens (tertiary/aromatic N) is 2. The average Bonchev–Trinajstić information content (AvgIpc) is 3.22. The summed E-state index contributed by atoms with van der Waals surface area (Å²) in [6.45, 7) is 0.230. The van der Waals surface area contributed by atoms with Crippen molar-refractivity contribution in [1.82, 2.24) is 19.2 Å². The van der Waals surface area contributed by atoms with E-state index in [4.69, 9.17) is 9.47 Å². The SMILES string of the molecule is CCn1nc(-c2cccc(C3(NS(=O)(=O)NCC(F)(F)F)COC3)c2)cc1Oc1ccc(C(F)(F)F)cc1. The summed E-state index contributed by atoms with van der Waals surface area (Å²) in [5.74, 6) is 0.422. The highest BCUT2D eigenvalue weighted by molar-refractivity contribution is 7.87. The summed E-state index contributed by atoms with van der Waals surface area (Å²) in [7, 11) is -4.52. The van der Waals surface area contributed by atoms with Crippen LogP contribution in [-0.2, 0) is 33.2 Å². The number of benzene rings is 2. The van der Waals surface area contributed by atoms with Crippen molar-refractivity contribution in [3.05, 3.63) is 65.7 Å². The fourth-order valence-electron chi connectivity index (χ4n) is 3.72. The van der Waals surface area contributed by atoms with E-state index in [0.29, 0.717) is 23.4 Å². The summed E-state index contributed by atoms with van der Waals surface area (Å²) in [5.41, 5.74) is -0.704. The number of nitrogens with one attached hydrogen (secondary N) is 2. The molecule has 15 heteroatoms. The summed E-state index contributed by atoms with van der Waals surface area (Å²) in [4.78, 5) is 0. The van der Waals surface area contributed by atoms with E-state index in [1.165, 1.54) is 21.5 Å². The van der Waals surface area contributed by atoms with Gasteiger partial charge >= 0.3 is 12.4 Å². The van der Waals surface area contributed by atoms with Crippen molar-refractivity contribution in [1.29, 1.82) is 0 Å². The first-order valence-electron chi connectivity index (χ1n) is 11.2. The van der Waals surface area contributed by atoms with Gasteiger partial charge < -0.3 is 9.47 Å². The van der Waals surface area contributed by atoms with Crippen LogP contribution >= 0.6 is 0 Å². The molecule has 8 nitrogen and oxygen atoms in total. The van der Waals surface area contributed by atoms with Crippen LogP contribution in [0.3, 0.4) is 0 Å². The molecule has 2 heterocycles. The monoisotopic (exact) mass is 564 g/mol. The van der Waals surface area contributed by atoms with Gasteiger partial charge in [0, 0.05) is 18.2 Å². The molecule has 0 bridgehead atoms. The van der Waals surface area contributed by atoms with Gasteiger partial charge in [-0.25, -0.2) is 4.68 Å². The van der Waals surface area contributed by atoms with Crippen LogP contribution < -0.4 is 14.2 Å². The quantitative estimate of drug-likeness (QED) is 0.371. The third kappa shape index (κ3) is 6.46. The van der Waals surface area contributed by atoms with Gasteiger partial charge in [-0.3, -0.25) is 0 Å². The minimum Gasteiger partial charge on any atom is -0.439 e. The maximum atomic E-state index is 12.8. The third-order valence-corrected chi connectivity index (χ3v) is 6.83. The Kier molecular flexibility index (Phi) is 7.49. The van der Waals surface area contributed by atoms with Crippen molar-refractivity contribution in [2.24, 2.45) is 0 Å². The van der Waals surface area contributed by atoms with Gasteiger partial charge in [0.05, 0.1) is 24.5 Å². The zero-order valence-electron chi connectivity index (χ0n) is 19.7. The molecular formula is C23H22F6N4O4S. The molecule has 0 radical (unpaired) electrons. The van der Waals surface area contributed by atoms with Crippen LogP contribution in [0, 0.1) is 0 Å². The highest BCUT2D eigenvalue weighted by atomic mass is 32.2. The minimum absolute atomic E-state index is 0.102. The maximum absolute atomic E-state index is 12.8. The van der Waals surface area contributed by atoms with Crippen LogP contribution in [0.4, 0.5) is 26.3 Å². The van der Waals surface area contributed by atoms with Gasteiger partial charge in [-0.2, -0.15) is 49.3 Å². The highest BCUT2D eigenvalue weighted by Crippen LogP contribution is 2.35. The molecule has 0 unspecified atom stereocenters. The Balaban J connectivity index is 1.57. The largest absolute Gasteiger partial charge is 0.439 e. The second kappa shape index (κ2) is 10.2. The summed E-state index contributed by atoms with van der Waals surface area (Å²) in [6, 6.07) is 12.3. The first kappa shape index (κ1) is 27.9. The zero-order valence-corrected chi connectivity index (χ0v) is 20.5. The lowest BCUT2D eigenvalue weighted by atomic mass is 9.88. The topological polar surface area (TPSA) is 94.5 Å². The van der Waals surface area contributed by atoms with Crippen molar-refractivity contribution < 1.29 is 44.2 Å². The molecule has 2 N–H and O–H groups in total. The zero-order chi connectivity index (χ0) is 27.8. The number of aromatic nitrogens is 2. The molecule has 1 aliphatic heterocycles. The predicted molar refractivity (Wildman–Crippen MR) is 123 cm³/mol.